The maximum atomic E-state index is 12.4. The normalized spacial score (nSPS) is 15.8. The van der Waals surface area contributed by atoms with Gasteiger partial charge in [-0.2, -0.15) is 5.10 Å². The lowest BCUT2D eigenvalue weighted by atomic mass is 10.2. The van der Waals surface area contributed by atoms with Gasteiger partial charge in [-0.15, -0.1) is 0 Å². The van der Waals surface area contributed by atoms with E-state index in [2.05, 4.69) is 17.0 Å². The Morgan fingerprint density at radius 2 is 1.81 bits per heavy atom. The predicted molar refractivity (Wildman–Crippen MR) is 106 cm³/mol. The number of halogens is 2. The summed E-state index contributed by atoms with van der Waals surface area (Å²) in [5, 5.41) is 5.72. The number of aromatic nitrogens is 2. The molecule has 0 saturated carbocycles. The summed E-state index contributed by atoms with van der Waals surface area (Å²) in [7, 11) is 2.07. The summed E-state index contributed by atoms with van der Waals surface area (Å²) in [5.41, 5.74) is 2.64. The molecule has 1 aromatic carbocycles. The molecule has 7 heteroatoms. The van der Waals surface area contributed by atoms with E-state index in [0.29, 0.717) is 16.7 Å². The lowest BCUT2D eigenvalue weighted by Gasteiger charge is -2.31. The summed E-state index contributed by atoms with van der Waals surface area (Å²) >= 11 is 12.4. The molecule has 0 unspecified atom stereocenters. The number of benzene rings is 1. The quantitative estimate of drug-likeness (QED) is 0.749. The van der Waals surface area contributed by atoms with Crippen molar-refractivity contribution in [3.05, 3.63) is 57.3 Å². The molecule has 2 heterocycles. The third-order valence-electron chi connectivity index (χ3n) is 4.56. The van der Waals surface area contributed by atoms with Crippen LogP contribution in [0.5, 0.6) is 0 Å². The molecule has 1 fully saturated rings. The highest BCUT2D eigenvalue weighted by atomic mass is 35.5. The average Bonchev–Trinajstić information content (AvgIpc) is 2.89. The van der Waals surface area contributed by atoms with Gasteiger partial charge in [-0.3, -0.25) is 4.79 Å². The van der Waals surface area contributed by atoms with E-state index in [0.717, 1.165) is 43.0 Å². The van der Waals surface area contributed by atoms with Gasteiger partial charge in [-0.05, 0) is 37.7 Å². The Morgan fingerprint density at radius 3 is 2.46 bits per heavy atom. The number of hydrogen-bond acceptors (Lipinski definition) is 3. The van der Waals surface area contributed by atoms with Crippen LogP contribution in [0, 0.1) is 6.92 Å². The molecule has 0 spiro atoms. The Kier molecular flexibility index (Phi) is 6.01. The van der Waals surface area contributed by atoms with Crippen molar-refractivity contribution in [2.45, 2.75) is 13.5 Å². The predicted octanol–water partition coefficient (Wildman–Crippen LogP) is 3.33. The molecule has 0 atom stereocenters. The number of piperazine rings is 1. The SMILES string of the molecule is Cc1nn(Cc2ccc(Cl)cc2)c(Cl)c1C=CC(=O)N1CCN(C)CC1. The summed E-state index contributed by atoms with van der Waals surface area (Å²) in [5.74, 6) is 0.0130. The Morgan fingerprint density at radius 1 is 1.15 bits per heavy atom. The number of hydrogen-bond donors (Lipinski definition) is 0. The molecule has 0 radical (unpaired) electrons. The second-order valence-electron chi connectivity index (χ2n) is 6.54. The Hall–Kier alpha value is -1.82. The van der Waals surface area contributed by atoms with E-state index in [1.54, 1.807) is 16.8 Å². The average molecular weight is 393 g/mol. The smallest absolute Gasteiger partial charge is 0.246 e. The van der Waals surface area contributed by atoms with Crippen LogP contribution in [0.2, 0.25) is 10.2 Å². The van der Waals surface area contributed by atoms with E-state index in [-0.39, 0.29) is 5.91 Å². The minimum absolute atomic E-state index is 0.0130. The number of carbonyl (C=O) groups is 1. The summed E-state index contributed by atoms with van der Waals surface area (Å²) in [6, 6.07) is 7.58. The third kappa shape index (κ3) is 4.47. The molecule has 1 aliphatic heterocycles. The fourth-order valence-electron chi connectivity index (χ4n) is 2.91. The lowest BCUT2D eigenvalue weighted by Crippen LogP contribution is -2.46. The molecule has 0 N–H and O–H groups in total. The van der Waals surface area contributed by atoms with Crippen molar-refractivity contribution in [2.24, 2.45) is 0 Å². The summed E-state index contributed by atoms with van der Waals surface area (Å²) in [6.07, 6.45) is 3.36. The minimum Gasteiger partial charge on any atom is -0.337 e. The van der Waals surface area contributed by atoms with Gasteiger partial charge in [0, 0.05) is 42.8 Å². The van der Waals surface area contributed by atoms with E-state index in [4.69, 9.17) is 23.2 Å². The van der Waals surface area contributed by atoms with Crippen molar-refractivity contribution >= 4 is 35.2 Å². The van der Waals surface area contributed by atoms with Crippen LogP contribution < -0.4 is 0 Å². The molecule has 1 amide bonds. The first-order valence-corrected chi connectivity index (χ1v) is 9.32. The highest BCUT2D eigenvalue weighted by molar-refractivity contribution is 6.31. The van der Waals surface area contributed by atoms with Gasteiger partial charge >= 0.3 is 0 Å². The monoisotopic (exact) mass is 392 g/mol. The lowest BCUT2D eigenvalue weighted by molar-refractivity contribution is -0.127. The minimum atomic E-state index is 0.0130. The summed E-state index contributed by atoms with van der Waals surface area (Å²) in [6.45, 7) is 5.75. The van der Waals surface area contributed by atoms with Gasteiger partial charge in [-0.25, -0.2) is 4.68 Å². The van der Waals surface area contributed by atoms with E-state index in [9.17, 15) is 4.79 Å². The van der Waals surface area contributed by atoms with Crippen LogP contribution >= 0.6 is 23.2 Å². The molecule has 1 aromatic heterocycles. The molecule has 1 saturated heterocycles. The number of rotatable bonds is 4. The number of aryl methyl sites for hydroxylation is 1. The van der Waals surface area contributed by atoms with Crippen LogP contribution in [0.3, 0.4) is 0 Å². The zero-order chi connectivity index (χ0) is 18.7. The zero-order valence-electron chi connectivity index (χ0n) is 15.0. The van der Waals surface area contributed by atoms with Gasteiger partial charge < -0.3 is 9.80 Å². The fourth-order valence-corrected chi connectivity index (χ4v) is 3.33. The first-order valence-electron chi connectivity index (χ1n) is 8.57. The second-order valence-corrected chi connectivity index (χ2v) is 7.33. The Labute approximate surface area is 163 Å². The second kappa shape index (κ2) is 8.25. The number of nitrogens with zero attached hydrogens (tertiary/aromatic N) is 4. The van der Waals surface area contributed by atoms with Crippen molar-refractivity contribution < 1.29 is 4.79 Å². The van der Waals surface area contributed by atoms with Gasteiger partial charge in [0.2, 0.25) is 5.91 Å². The van der Waals surface area contributed by atoms with Crippen LogP contribution in [-0.4, -0.2) is 58.7 Å². The highest BCUT2D eigenvalue weighted by Gasteiger charge is 2.18. The van der Waals surface area contributed by atoms with Crippen LogP contribution in [0.15, 0.2) is 30.3 Å². The first-order chi connectivity index (χ1) is 12.4. The van der Waals surface area contributed by atoms with E-state index in [1.165, 1.54) is 0 Å². The van der Waals surface area contributed by atoms with Crippen LogP contribution in [0.25, 0.3) is 6.08 Å². The maximum absolute atomic E-state index is 12.4. The summed E-state index contributed by atoms with van der Waals surface area (Å²) in [4.78, 5) is 16.4. The van der Waals surface area contributed by atoms with E-state index >= 15 is 0 Å². The molecule has 0 aliphatic carbocycles. The molecule has 2 aromatic rings. The number of amides is 1. The van der Waals surface area contributed by atoms with Crippen molar-refractivity contribution in [1.82, 2.24) is 19.6 Å². The molecule has 5 nitrogen and oxygen atoms in total. The van der Waals surface area contributed by atoms with Crippen LogP contribution in [0.1, 0.15) is 16.8 Å². The van der Waals surface area contributed by atoms with E-state index in [1.807, 2.05) is 36.1 Å². The van der Waals surface area contributed by atoms with Gasteiger partial charge in [0.25, 0.3) is 0 Å². The topological polar surface area (TPSA) is 41.4 Å². The van der Waals surface area contributed by atoms with Crippen molar-refractivity contribution in [3.8, 4) is 0 Å². The molecule has 26 heavy (non-hydrogen) atoms. The molecule has 0 bridgehead atoms. The van der Waals surface area contributed by atoms with Gasteiger partial charge in [0.15, 0.2) is 0 Å². The molecular weight excluding hydrogens is 371 g/mol. The number of likely N-dealkylation sites (N-methyl/N-ethyl adjacent to an activating group) is 1. The van der Waals surface area contributed by atoms with Crippen LogP contribution in [-0.2, 0) is 11.3 Å². The molecular formula is C19H22Cl2N4O. The fraction of sp³-hybridized carbons (Fsp3) is 0.368. The zero-order valence-corrected chi connectivity index (χ0v) is 16.5. The standard InChI is InChI=1S/C19H22Cl2N4O/c1-14-17(7-8-18(26)24-11-9-23(2)10-12-24)19(21)25(22-14)13-15-3-5-16(20)6-4-15/h3-8H,9-13H2,1-2H3. The van der Waals surface area contributed by atoms with Gasteiger partial charge in [-0.1, -0.05) is 35.3 Å². The molecule has 138 valence electrons. The Bertz CT molecular complexity index is 806. The van der Waals surface area contributed by atoms with Gasteiger partial charge in [0.05, 0.1) is 12.2 Å². The van der Waals surface area contributed by atoms with Gasteiger partial charge in [0.1, 0.15) is 5.15 Å². The first kappa shape index (κ1) is 19.0. The van der Waals surface area contributed by atoms with Crippen molar-refractivity contribution in [3.63, 3.8) is 0 Å². The Balaban J connectivity index is 1.71. The molecule has 1 aliphatic rings. The summed E-state index contributed by atoms with van der Waals surface area (Å²) < 4.78 is 1.74. The highest BCUT2D eigenvalue weighted by Crippen LogP contribution is 2.23. The molecule has 3 rings (SSSR count). The van der Waals surface area contributed by atoms with E-state index < -0.39 is 0 Å². The van der Waals surface area contributed by atoms with Crippen molar-refractivity contribution in [2.75, 3.05) is 33.2 Å². The maximum Gasteiger partial charge on any atom is 0.246 e. The largest absolute Gasteiger partial charge is 0.337 e. The number of carbonyl (C=O) groups excluding carboxylic acids is 1. The van der Waals surface area contributed by atoms with Crippen molar-refractivity contribution in [1.29, 1.82) is 0 Å². The van der Waals surface area contributed by atoms with Crippen LogP contribution in [0.4, 0.5) is 0 Å². The third-order valence-corrected chi connectivity index (χ3v) is 5.21.